The molecule has 4 heteroatoms. The molecule has 0 aromatic carbocycles. The molecule has 0 aliphatic rings. The van der Waals surface area contributed by atoms with Gasteiger partial charge in [-0.3, -0.25) is 4.79 Å². The Balaban J connectivity index is 3.51. The van der Waals surface area contributed by atoms with E-state index in [1.165, 1.54) is 32.1 Å². The van der Waals surface area contributed by atoms with E-state index in [1.54, 1.807) is 14.2 Å². The molecular formula is C17H34O4. The molecule has 126 valence electrons. The number of hydrogen-bond acceptors (Lipinski definition) is 4. The minimum Gasteiger partial charge on any atom is -0.393 e. The van der Waals surface area contributed by atoms with Crippen molar-refractivity contribution in [2.45, 2.75) is 89.9 Å². The maximum Gasteiger partial charge on any atom is 0.157 e. The maximum absolute atomic E-state index is 11.7. The monoisotopic (exact) mass is 302 g/mol. The quantitative estimate of drug-likeness (QED) is 0.369. The Kier molecular flexibility index (Phi) is 14.2. The Hall–Kier alpha value is -0.450. The summed E-state index contributed by atoms with van der Waals surface area (Å²) in [7, 11) is 3.13. The van der Waals surface area contributed by atoms with Gasteiger partial charge in [0.2, 0.25) is 0 Å². The molecule has 21 heavy (non-hydrogen) atoms. The molecule has 0 bridgehead atoms. The van der Waals surface area contributed by atoms with Gasteiger partial charge in [-0.2, -0.15) is 0 Å². The number of ether oxygens (including phenoxy) is 2. The lowest BCUT2D eigenvalue weighted by molar-refractivity contribution is -0.128. The van der Waals surface area contributed by atoms with Gasteiger partial charge in [0.05, 0.1) is 6.10 Å². The van der Waals surface area contributed by atoms with Crippen molar-refractivity contribution >= 4 is 5.78 Å². The highest BCUT2D eigenvalue weighted by atomic mass is 16.7. The summed E-state index contributed by atoms with van der Waals surface area (Å²) in [6.45, 7) is 2.22. The number of unbranched alkanes of at least 4 members (excludes halogenated alkanes) is 6. The van der Waals surface area contributed by atoms with Crippen LogP contribution in [0.15, 0.2) is 0 Å². The Morgan fingerprint density at radius 2 is 1.52 bits per heavy atom. The first-order valence-corrected chi connectivity index (χ1v) is 8.39. The van der Waals surface area contributed by atoms with Gasteiger partial charge in [0, 0.05) is 33.5 Å². The molecular weight excluding hydrogens is 268 g/mol. The summed E-state index contributed by atoms with van der Waals surface area (Å²) in [6, 6.07) is 0. The minimum atomic E-state index is -0.489. The summed E-state index contributed by atoms with van der Waals surface area (Å²) in [4.78, 5) is 11.7. The van der Waals surface area contributed by atoms with Gasteiger partial charge in [-0.15, -0.1) is 0 Å². The fraction of sp³-hybridized carbons (Fsp3) is 0.941. The van der Waals surface area contributed by atoms with Gasteiger partial charge in [-0.25, -0.2) is 0 Å². The van der Waals surface area contributed by atoms with Gasteiger partial charge in [0.15, 0.2) is 6.29 Å². The van der Waals surface area contributed by atoms with Crippen molar-refractivity contribution in [2.24, 2.45) is 0 Å². The van der Waals surface area contributed by atoms with Crippen LogP contribution in [0, 0.1) is 0 Å². The summed E-state index contributed by atoms with van der Waals surface area (Å²) < 4.78 is 10.1. The molecule has 0 amide bonds. The number of Topliss-reactive ketones (excluding diaryl/α,β-unsaturated/α-hetero) is 1. The third-order valence-corrected chi connectivity index (χ3v) is 3.79. The van der Waals surface area contributed by atoms with Gasteiger partial charge in [0.25, 0.3) is 0 Å². The van der Waals surface area contributed by atoms with E-state index in [0.717, 1.165) is 19.3 Å². The van der Waals surface area contributed by atoms with E-state index in [9.17, 15) is 9.90 Å². The van der Waals surface area contributed by atoms with Crippen molar-refractivity contribution in [3.63, 3.8) is 0 Å². The van der Waals surface area contributed by atoms with Crippen molar-refractivity contribution in [3.8, 4) is 0 Å². The number of hydrogen-bond donors (Lipinski definition) is 1. The number of ketones is 1. The van der Waals surface area contributed by atoms with Gasteiger partial charge in [-0.05, 0) is 6.42 Å². The molecule has 0 aromatic heterocycles. The summed E-state index contributed by atoms with van der Waals surface area (Å²) in [5.74, 6) is 0.0875. The second-order valence-corrected chi connectivity index (χ2v) is 5.75. The standard InChI is InChI=1S/C17H34O4/c1-4-5-6-7-8-9-10-11-15(18)14-16(19)12-13-17(20-2)21-3/h15,17-18H,4-14H2,1-3H3/t15-/m0/s1. The molecule has 0 radical (unpaired) electrons. The molecule has 4 nitrogen and oxygen atoms in total. The Morgan fingerprint density at radius 3 is 2.10 bits per heavy atom. The van der Waals surface area contributed by atoms with Crippen molar-refractivity contribution < 1.29 is 19.4 Å². The van der Waals surface area contributed by atoms with Crippen LogP contribution in [0.4, 0.5) is 0 Å². The first-order valence-electron chi connectivity index (χ1n) is 8.39. The topological polar surface area (TPSA) is 55.8 Å². The normalized spacial score (nSPS) is 12.8. The van der Waals surface area contributed by atoms with E-state index >= 15 is 0 Å². The minimum absolute atomic E-state index is 0.0875. The molecule has 0 saturated carbocycles. The molecule has 0 spiro atoms. The third-order valence-electron chi connectivity index (χ3n) is 3.79. The lowest BCUT2D eigenvalue weighted by atomic mass is 10.0. The van der Waals surface area contributed by atoms with E-state index in [2.05, 4.69) is 6.92 Å². The highest BCUT2D eigenvalue weighted by Gasteiger charge is 2.13. The van der Waals surface area contributed by atoms with Crippen molar-refractivity contribution in [2.75, 3.05) is 14.2 Å². The summed E-state index contributed by atoms with van der Waals surface area (Å²) in [5, 5.41) is 9.86. The summed E-state index contributed by atoms with van der Waals surface area (Å²) >= 11 is 0. The summed E-state index contributed by atoms with van der Waals surface area (Å²) in [6.07, 6.45) is 9.74. The maximum atomic E-state index is 11.7. The average Bonchev–Trinajstić information content (AvgIpc) is 2.47. The molecule has 0 saturated heterocycles. The van der Waals surface area contributed by atoms with Gasteiger partial charge < -0.3 is 14.6 Å². The molecule has 0 fully saturated rings. The predicted octanol–water partition coefficient (Wildman–Crippen LogP) is 3.85. The van der Waals surface area contributed by atoms with E-state index in [0.29, 0.717) is 12.8 Å². The lowest BCUT2D eigenvalue weighted by Crippen LogP contribution is -2.18. The van der Waals surface area contributed by atoms with Crippen molar-refractivity contribution in [1.29, 1.82) is 0 Å². The summed E-state index contributed by atoms with van der Waals surface area (Å²) in [5.41, 5.74) is 0. The Morgan fingerprint density at radius 1 is 0.952 bits per heavy atom. The van der Waals surface area contributed by atoms with Crippen LogP contribution in [0.2, 0.25) is 0 Å². The van der Waals surface area contributed by atoms with Gasteiger partial charge in [0.1, 0.15) is 5.78 Å². The molecule has 0 unspecified atom stereocenters. The number of aliphatic hydroxyl groups is 1. The van der Waals surface area contributed by atoms with Crippen LogP contribution in [0.5, 0.6) is 0 Å². The zero-order chi connectivity index (χ0) is 15.9. The predicted molar refractivity (Wildman–Crippen MR) is 85.3 cm³/mol. The molecule has 0 rings (SSSR count). The fourth-order valence-corrected chi connectivity index (χ4v) is 2.41. The molecule has 1 N–H and O–H groups in total. The van der Waals surface area contributed by atoms with Crippen LogP contribution < -0.4 is 0 Å². The van der Waals surface area contributed by atoms with E-state index in [1.807, 2.05) is 0 Å². The molecule has 1 atom stereocenters. The van der Waals surface area contributed by atoms with Gasteiger partial charge in [-0.1, -0.05) is 51.9 Å². The second-order valence-electron chi connectivity index (χ2n) is 5.75. The number of carbonyl (C=O) groups excluding carboxylic acids is 1. The number of methoxy groups -OCH3 is 2. The van der Waals surface area contributed by atoms with Crippen LogP contribution >= 0.6 is 0 Å². The Labute approximate surface area is 130 Å². The third kappa shape index (κ3) is 13.0. The smallest absolute Gasteiger partial charge is 0.157 e. The number of carbonyl (C=O) groups is 1. The average molecular weight is 302 g/mol. The first-order chi connectivity index (χ1) is 10.1. The Bertz CT molecular complexity index is 239. The molecule has 0 aromatic rings. The first kappa shape index (κ1) is 20.6. The zero-order valence-corrected chi connectivity index (χ0v) is 14.1. The molecule has 0 heterocycles. The molecule has 0 aliphatic heterocycles. The highest BCUT2D eigenvalue weighted by Crippen LogP contribution is 2.12. The van der Waals surface area contributed by atoms with E-state index in [4.69, 9.17) is 9.47 Å². The second kappa shape index (κ2) is 14.5. The van der Waals surface area contributed by atoms with Crippen LogP contribution in [0.25, 0.3) is 0 Å². The lowest BCUT2D eigenvalue weighted by Gasteiger charge is -2.13. The van der Waals surface area contributed by atoms with Crippen LogP contribution in [0.1, 0.15) is 77.6 Å². The SMILES string of the molecule is CCCCCCCCC[C@H](O)CC(=O)CCC(OC)OC. The van der Waals surface area contributed by atoms with E-state index < -0.39 is 6.10 Å². The number of aliphatic hydroxyl groups excluding tert-OH is 1. The number of rotatable bonds is 15. The largest absolute Gasteiger partial charge is 0.393 e. The van der Waals surface area contributed by atoms with Crippen LogP contribution in [0.3, 0.4) is 0 Å². The molecule has 0 aliphatic carbocycles. The van der Waals surface area contributed by atoms with Crippen LogP contribution in [-0.2, 0) is 14.3 Å². The highest BCUT2D eigenvalue weighted by molar-refractivity contribution is 5.78. The van der Waals surface area contributed by atoms with Gasteiger partial charge >= 0.3 is 0 Å². The van der Waals surface area contributed by atoms with Crippen LogP contribution in [-0.4, -0.2) is 37.5 Å². The van der Waals surface area contributed by atoms with Crippen molar-refractivity contribution in [3.05, 3.63) is 0 Å². The fourth-order valence-electron chi connectivity index (χ4n) is 2.41. The zero-order valence-electron chi connectivity index (χ0n) is 14.1. The van der Waals surface area contributed by atoms with E-state index in [-0.39, 0.29) is 18.5 Å². The van der Waals surface area contributed by atoms with Crippen molar-refractivity contribution in [1.82, 2.24) is 0 Å².